The van der Waals surface area contributed by atoms with Crippen molar-refractivity contribution in [2.24, 2.45) is 9.98 Å². The van der Waals surface area contributed by atoms with Crippen LogP contribution in [0.25, 0.3) is 17.3 Å². The Morgan fingerprint density at radius 1 is 1.13 bits per heavy atom. The van der Waals surface area contributed by atoms with Crippen LogP contribution in [-0.4, -0.2) is 35.5 Å². The molecule has 0 amide bonds. The average Bonchev–Trinajstić information content (AvgIpc) is 3.12. The van der Waals surface area contributed by atoms with E-state index >= 15 is 0 Å². The fourth-order valence-electron chi connectivity index (χ4n) is 5.07. The summed E-state index contributed by atoms with van der Waals surface area (Å²) in [7, 11) is 0. The van der Waals surface area contributed by atoms with E-state index in [4.69, 9.17) is 0 Å². The largest absolute Gasteiger partial charge is 0.418 e. The zero-order valence-corrected chi connectivity index (χ0v) is 21.6. The molecule has 0 saturated heterocycles. The summed E-state index contributed by atoms with van der Waals surface area (Å²) in [6.45, 7) is 6.82. The fourth-order valence-corrected chi connectivity index (χ4v) is 5.07. The number of aromatic nitrogens is 1. The fraction of sp³-hybridized carbons (Fsp3) is 0.267. The second kappa shape index (κ2) is 9.87. The third kappa shape index (κ3) is 4.89. The van der Waals surface area contributed by atoms with E-state index < -0.39 is 34.3 Å². The Labute approximate surface area is 223 Å². The van der Waals surface area contributed by atoms with E-state index in [0.717, 1.165) is 23.7 Å². The quantitative estimate of drug-likeness (QED) is 0.203. The van der Waals surface area contributed by atoms with Crippen molar-refractivity contribution in [3.05, 3.63) is 88.9 Å². The van der Waals surface area contributed by atoms with E-state index in [0.29, 0.717) is 29.8 Å². The summed E-state index contributed by atoms with van der Waals surface area (Å²) in [6.07, 6.45) is 0.954. The van der Waals surface area contributed by atoms with E-state index in [1.165, 1.54) is 36.4 Å². The Kier molecular flexibility index (Phi) is 6.70. The van der Waals surface area contributed by atoms with Crippen molar-refractivity contribution in [3.8, 4) is 11.3 Å². The molecule has 1 aromatic heterocycles. The van der Waals surface area contributed by atoms with Crippen LogP contribution in [0.1, 0.15) is 54.2 Å². The van der Waals surface area contributed by atoms with Crippen molar-refractivity contribution in [2.75, 3.05) is 11.4 Å². The first-order valence-corrected chi connectivity index (χ1v) is 12.5. The van der Waals surface area contributed by atoms with Crippen molar-refractivity contribution in [1.82, 2.24) is 4.98 Å². The second-order valence-corrected chi connectivity index (χ2v) is 10.1. The maximum Gasteiger partial charge on any atom is 0.418 e. The molecule has 0 fully saturated rings. The van der Waals surface area contributed by atoms with Crippen molar-refractivity contribution < 1.29 is 22.4 Å². The van der Waals surface area contributed by atoms with Gasteiger partial charge in [-0.3, -0.25) is 14.8 Å². The van der Waals surface area contributed by atoms with Gasteiger partial charge in [-0.15, -0.1) is 0 Å². The van der Waals surface area contributed by atoms with Crippen LogP contribution >= 0.6 is 0 Å². The topological polar surface area (TPSA) is 57.9 Å². The molecule has 3 aromatic rings. The van der Waals surface area contributed by atoms with Gasteiger partial charge < -0.3 is 4.90 Å². The Hall–Kier alpha value is -4.14. The van der Waals surface area contributed by atoms with Crippen molar-refractivity contribution >= 4 is 29.7 Å². The first-order chi connectivity index (χ1) is 18.5. The third-order valence-corrected chi connectivity index (χ3v) is 7.36. The van der Waals surface area contributed by atoms with Crippen LogP contribution in [0, 0.1) is 5.82 Å². The molecule has 2 aromatic carbocycles. The molecule has 2 aliphatic rings. The molecule has 0 aliphatic carbocycles. The van der Waals surface area contributed by atoms with Crippen LogP contribution in [0.2, 0.25) is 0 Å². The van der Waals surface area contributed by atoms with E-state index in [2.05, 4.69) is 40.6 Å². The number of aliphatic imine (C=N–C) groups is 2. The van der Waals surface area contributed by atoms with Crippen molar-refractivity contribution in [2.45, 2.75) is 44.8 Å². The average molecular weight is 535 g/mol. The third-order valence-electron chi connectivity index (χ3n) is 7.36. The molecule has 3 heterocycles. The molecule has 2 aliphatic heterocycles. The number of nitrogens with zero attached hydrogens (tertiary/aromatic N) is 4. The van der Waals surface area contributed by atoms with Crippen LogP contribution in [0.5, 0.6) is 0 Å². The number of carbonyl (C=O) groups is 1. The summed E-state index contributed by atoms with van der Waals surface area (Å²) < 4.78 is 54.9. The SMILES string of the molecule is CC1N(C2=NCCC=N2)c2cccc(-c3cc(C(=O)/C=C/c4ccc(F)cc4)c(C(F)(F)F)cn3)c2C1(C)C. The van der Waals surface area contributed by atoms with Gasteiger partial charge in [0.1, 0.15) is 5.82 Å². The Balaban J connectivity index is 1.61. The number of anilines is 1. The Bertz CT molecular complexity index is 1520. The lowest BCUT2D eigenvalue weighted by Gasteiger charge is -2.31. The number of hydrogen-bond donors (Lipinski definition) is 0. The summed E-state index contributed by atoms with van der Waals surface area (Å²) in [5.74, 6) is -0.687. The molecule has 39 heavy (non-hydrogen) atoms. The zero-order chi connectivity index (χ0) is 27.9. The number of fused-ring (bicyclic) bond motifs is 1. The number of halogens is 4. The summed E-state index contributed by atoms with van der Waals surface area (Å²) >= 11 is 0. The van der Waals surface area contributed by atoms with Gasteiger partial charge in [0.25, 0.3) is 0 Å². The Morgan fingerprint density at radius 2 is 1.87 bits per heavy atom. The van der Waals surface area contributed by atoms with Crippen LogP contribution in [0.4, 0.5) is 23.2 Å². The predicted octanol–water partition coefficient (Wildman–Crippen LogP) is 7.12. The molecular formula is C30H26F4N4O. The van der Waals surface area contributed by atoms with Crippen LogP contribution < -0.4 is 4.90 Å². The first-order valence-electron chi connectivity index (χ1n) is 12.5. The number of carbonyl (C=O) groups excluding carboxylic acids is 1. The Morgan fingerprint density at radius 3 is 2.54 bits per heavy atom. The van der Waals surface area contributed by atoms with Crippen LogP contribution in [0.15, 0.2) is 70.8 Å². The molecular weight excluding hydrogens is 508 g/mol. The highest BCUT2D eigenvalue weighted by Crippen LogP contribution is 2.50. The molecule has 5 rings (SSSR count). The van der Waals surface area contributed by atoms with Gasteiger partial charge in [-0.2, -0.15) is 13.2 Å². The highest BCUT2D eigenvalue weighted by molar-refractivity contribution is 6.09. The number of alkyl halides is 3. The lowest BCUT2D eigenvalue weighted by atomic mass is 9.78. The monoisotopic (exact) mass is 534 g/mol. The maximum absolute atomic E-state index is 13.9. The number of benzene rings is 2. The smallest absolute Gasteiger partial charge is 0.307 e. The van der Waals surface area contributed by atoms with Gasteiger partial charge in [0.05, 0.1) is 11.3 Å². The van der Waals surface area contributed by atoms with E-state index in [1.807, 2.05) is 18.3 Å². The van der Waals surface area contributed by atoms with Gasteiger partial charge in [-0.25, -0.2) is 9.38 Å². The van der Waals surface area contributed by atoms with Gasteiger partial charge in [-0.1, -0.05) is 44.2 Å². The van der Waals surface area contributed by atoms with E-state index in [-0.39, 0.29) is 11.7 Å². The molecule has 0 radical (unpaired) electrons. The maximum atomic E-state index is 13.9. The van der Waals surface area contributed by atoms with Gasteiger partial charge in [-0.05, 0) is 48.4 Å². The van der Waals surface area contributed by atoms with E-state index in [1.54, 1.807) is 6.07 Å². The van der Waals surface area contributed by atoms with Gasteiger partial charge in [0, 0.05) is 53.6 Å². The number of pyridine rings is 1. The lowest BCUT2D eigenvalue weighted by molar-refractivity contribution is -0.138. The molecule has 0 bridgehead atoms. The minimum atomic E-state index is -4.78. The highest BCUT2D eigenvalue weighted by atomic mass is 19.4. The van der Waals surface area contributed by atoms with Gasteiger partial charge in [0.2, 0.25) is 5.96 Å². The molecule has 0 N–H and O–H groups in total. The number of ketones is 1. The number of allylic oxidation sites excluding steroid dienone is 1. The van der Waals surface area contributed by atoms with Crippen LogP contribution in [0.3, 0.4) is 0 Å². The predicted molar refractivity (Wildman–Crippen MR) is 145 cm³/mol. The number of rotatable bonds is 4. The minimum Gasteiger partial charge on any atom is -0.307 e. The van der Waals surface area contributed by atoms with Crippen molar-refractivity contribution in [3.63, 3.8) is 0 Å². The first kappa shape index (κ1) is 26.5. The molecule has 200 valence electrons. The summed E-state index contributed by atoms with van der Waals surface area (Å²) in [5, 5.41) is 0. The molecule has 5 nitrogen and oxygen atoms in total. The lowest BCUT2D eigenvalue weighted by Crippen LogP contribution is -2.42. The van der Waals surface area contributed by atoms with E-state index in [9.17, 15) is 22.4 Å². The zero-order valence-electron chi connectivity index (χ0n) is 21.6. The van der Waals surface area contributed by atoms with Crippen molar-refractivity contribution in [1.29, 1.82) is 0 Å². The van der Waals surface area contributed by atoms with Gasteiger partial charge in [0.15, 0.2) is 5.78 Å². The molecule has 0 saturated carbocycles. The normalized spacial score (nSPS) is 18.4. The standard InChI is InChI=1S/C30H26F4N4O/c1-18-29(2,3)27-21(6-4-7-25(27)38(18)28-35-14-5-15-36-28)24-16-22(23(17-37-24)30(32,33)34)26(39)13-10-19-8-11-20(31)12-9-19/h4,6-14,16-18H,5,15H2,1-3H3/b13-10+. The molecule has 9 heteroatoms. The summed E-state index contributed by atoms with van der Waals surface area (Å²) in [5.41, 5.74) is 1.07. The van der Waals surface area contributed by atoms with Gasteiger partial charge >= 0.3 is 6.18 Å². The minimum absolute atomic E-state index is 0.0446. The second-order valence-electron chi connectivity index (χ2n) is 10.1. The summed E-state index contributed by atoms with van der Waals surface area (Å²) in [4.78, 5) is 28.4. The molecule has 1 unspecified atom stereocenters. The van der Waals surface area contributed by atoms with Crippen LogP contribution in [-0.2, 0) is 11.6 Å². The number of hydrogen-bond acceptors (Lipinski definition) is 5. The summed E-state index contributed by atoms with van der Waals surface area (Å²) in [6, 6.07) is 12.0. The molecule has 0 spiro atoms. The molecule has 1 atom stereocenters. The number of guanidine groups is 1. The highest BCUT2D eigenvalue weighted by Gasteiger charge is 2.46.